The molecule has 1 atom stereocenters. The number of nitrogens with one attached hydrogen (secondary N) is 1. The van der Waals surface area contributed by atoms with Crippen molar-refractivity contribution in [3.05, 3.63) is 0 Å². The molecule has 0 amide bonds. The Labute approximate surface area is 70.5 Å². The van der Waals surface area contributed by atoms with Crippen molar-refractivity contribution in [1.29, 1.82) is 0 Å². The van der Waals surface area contributed by atoms with Crippen LogP contribution in [0.5, 0.6) is 0 Å². The normalized spacial score (nSPS) is 13.4. The highest BCUT2D eigenvalue weighted by atomic mass is 14.9. The van der Waals surface area contributed by atoms with Gasteiger partial charge in [0.2, 0.25) is 0 Å². The molecule has 68 valence electrons. The van der Waals surface area contributed by atoms with Crippen LogP contribution in [0.2, 0.25) is 0 Å². The summed E-state index contributed by atoms with van der Waals surface area (Å²) in [6, 6.07) is 0. The van der Waals surface area contributed by atoms with Crippen LogP contribution in [0.15, 0.2) is 0 Å². The summed E-state index contributed by atoms with van der Waals surface area (Å²) in [5, 5.41) is 3.35. The molecule has 11 heavy (non-hydrogen) atoms. The van der Waals surface area contributed by atoms with E-state index in [0.29, 0.717) is 0 Å². The molecule has 0 bridgehead atoms. The van der Waals surface area contributed by atoms with Gasteiger partial charge in [0.05, 0.1) is 0 Å². The summed E-state index contributed by atoms with van der Waals surface area (Å²) < 4.78 is 0. The predicted octanol–water partition coefficient (Wildman–Crippen LogP) is 1.36. The molecule has 0 spiro atoms. The van der Waals surface area contributed by atoms with E-state index in [1.807, 2.05) is 0 Å². The zero-order chi connectivity index (χ0) is 8.53. The summed E-state index contributed by atoms with van der Waals surface area (Å²) in [5.41, 5.74) is 5.37. The highest BCUT2D eigenvalue weighted by Crippen LogP contribution is 2.08. The van der Waals surface area contributed by atoms with Crippen molar-refractivity contribution in [2.45, 2.75) is 33.1 Å². The van der Waals surface area contributed by atoms with Crippen molar-refractivity contribution < 1.29 is 0 Å². The summed E-state index contributed by atoms with van der Waals surface area (Å²) in [7, 11) is 0. The fourth-order valence-electron chi connectivity index (χ4n) is 1.27. The maximum Gasteiger partial charge on any atom is 0.00746 e. The van der Waals surface area contributed by atoms with Crippen molar-refractivity contribution in [2.75, 3.05) is 19.6 Å². The molecule has 0 aliphatic carbocycles. The molecule has 0 fully saturated rings. The van der Waals surface area contributed by atoms with Crippen LogP contribution in [-0.4, -0.2) is 19.6 Å². The van der Waals surface area contributed by atoms with E-state index in [1.54, 1.807) is 0 Å². The van der Waals surface area contributed by atoms with E-state index in [-0.39, 0.29) is 0 Å². The van der Waals surface area contributed by atoms with Gasteiger partial charge in [-0.15, -0.1) is 0 Å². The van der Waals surface area contributed by atoms with Gasteiger partial charge >= 0.3 is 0 Å². The minimum Gasteiger partial charge on any atom is -0.329 e. The molecule has 0 aromatic carbocycles. The second-order valence-electron chi connectivity index (χ2n) is 3.06. The van der Waals surface area contributed by atoms with Crippen LogP contribution in [-0.2, 0) is 0 Å². The molecule has 2 heteroatoms. The van der Waals surface area contributed by atoms with Gasteiger partial charge in [-0.1, -0.05) is 26.7 Å². The molecule has 2 nitrogen and oxygen atoms in total. The first-order valence-electron chi connectivity index (χ1n) is 4.75. The third-order valence-corrected chi connectivity index (χ3v) is 2.03. The molecule has 0 radical (unpaired) electrons. The quantitative estimate of drug-likeness (QED) is 0.549. The Balaban J connectivity index is 3.20. The Bertz CT molecular complexity index is 74.0. The van der Waals surface area contributed by atoms with Gasteiger partial charge in [0, 0.05) is 13.1 Å². The van der Waals surface area contributed by atoms with E-state index in [0.717, 1.165) is 25.6 Å². The number of rotatable bonds is 7. The van der Waals surface area contributed by atoms with Gasteiger partial charge in [0.25, 0.3) is 0 Å². The third-order valence-electron chi connectivity index (χ3n) is 2.03. The Morgan fingerprint density at radius 3 is 2.55 bits per heavy atom. The van der Waals surface area contributed by atoms with E-state index in [2.05, 4.69) is 19.2 Å². The largest absolute Gasteiger partial charge is 0.329 e. The Kier molecular flexibility index (Phi) is 7.96. The van der Waals surface area contributed by atoms with E-state index in [4.69, 9.17) is 5.73 Å². The smallest absolute Gasteiger partial charge is 0.00746 e. The van der Waals surface area contributed by atoms with E-state index in [1.165, 1.54) is 19.3 Å². The summed E-state index contributed by atoms with van der Waals surface area (Å²) in [6.45, 7) is 7.35. The van der Waals surface area contributed by atoms with Crippen LogP contribution in [0.1, 0.15) is 33.1 Å². The fraction of sp³-hybridized carbons (Fsp3) is 1.00. The van der Waals surface area contributed by atoms with Crippen LogP contribution in [0.4, 0.5) is 0 Å². The SMILES string of the molecule is CCC[C@H](CC)CNCCN. The molecule has 0 aliphatic rings. The number of hydrogen-bond acceptors (Lipinski definition) is 2. The van der Waals surface area contributed by atoms with Crippen molar-refractivity contribution >= 4 is 0 Å². The molecular formula is C9H22N2. The molecule has 0 aromatic rings. The summed E-state index contributed by atoms with van der Waals surface area (Å²) in [5.74, 6) is 0.853. The standard InChI is InChI=1S/C9H22N2/c1-3-5-9(4-2)8-11-7-6-10/h9,11H,3-8,10H2,1-2H3/t9-/m0/s1. The summed E-state index contributed by atoms with van der Waals surface area (Å²) in [4.78, 5) is 0. The molecule has 0 unspecified atom stereocenters. The minimum absolute atomic E-state index is 0.753. The van der Waals surface area contributed by atoms with Gasteiger partial charge in [0.15, 0.2) is 0 Å². The van der Waals surface area contributed by atoms with Crippen molar-refractivity contribution in [2.24, 2.45) is 11.7 Å². The average molecular weight is 158 g/mol. The van der Waals surface area contributed by atoms with E-state index in [9.17, 15) is 0 Å². The lowest BCUT2D eigenvalue weighted by molar-refractivity contribution is 0.432. The van der Waals surface area contributed by atoms with E-state index >= 15 is 0 Å². The molecule has 0 rings (SSSR count). The van der Waals surface area contributed by atoms with Crippen molar-refractivity contribution in [1.82, 2.24) is 5.32 Å². The zero-order valence-electron chi connectivity index (χ0n) is 7.90. The van der Waals surface area contributed by atoms with Crippen molar-refractivity contribution in [3.63, 3.8) is 0 Å². The Hall–Kier alpha value is -0.0800. The van der Waals surface area contributed by atoms with Gasteiger partial charge < -0.3 is 11.1 Å². The lowest BCUT2D eigenvalue weighted by Crippen LogP contribution is -2.27. The highest BCUT2D eigenvalue weighted by Gasteiger charge is 2.02. The number of hydrogen-bond donors (Lipinski definition) is 2. The minimum atomic E-state index is 0.753. The van der Waals surface area contributed by atoms with Crippen LogP contribution in [0, 0.1) is 5.92 Å². The van der Waals surface area contributed by atoms with Gasteiger partial charge in [-0.05, 0) is 18.9 Å². The average Bonchev–Trinajstić information content (AvgIpc) is 2.03. The molecule has 0 aliphatic heterocycles. The highest BCUT2D eigenvalue weighted by molar-refractivity contribution is 4.59. The second-order valence-corrected chi connectivity index (χ2v) is 3.06. The molecule has 0 aromatic heterocycles. The third kappa shape index (κ3) is 6.32. The first-order valence-corrected chi connectivity index (χ1v) is 4.75. The Morgan fingerprint density at radius 1 is 1.36 bits per heavy atom. The molecule has 3 N–H and O–H groups in total. The van der Waals surface area contributed by atoms with Crippen LogP contribution in [0.3, 0.4) is 0 Å². The van der Waals surface area contributed by atoms with Crippen LogP contribution < -0.4 is 11.1 Å². The lowest BCUT2D eigenvalue weighted by Gasteiger charge is -2.13. The topological polar surface area (TPSA) is 38.0 Å². The first-order chi connectivity index (χ1) is 5.35. The molecule has 0 heterocycles. The number of nitrogens with two attached hydrogens (primary N) is 1. The second kappa shape index (κ2) is 8.02. The summed E-state index contributed by atoms with van der Waals surface area (Å²) in [6.07, 6.45) is 3.92. The Morgan fingerprint density at radius 2 is 2.09 bits per heavy atom. The lowest BCUT2D eigenvalue weighted by atomic mass is 10.0. The van der Waals surface area contributed by atoms with Crippen LogP contribution in [0.25, 0.3) is 0 Å². The monoisotopic (exact) mass is 158 g/mol. The van der Waals surface area contributed by atoms with Crippen molar-refractivity contribution in [3.8, 4) is 0 Å². The molecule has 0 saturated heterocycles. The molecule has 0 saturated carbocycles. The van der Waals surface area contributed by atoms with Gasteiger partial charge in [-0.25, -0.2) is 0 Å². The predicted molar refractivity (Wildman–Crippen MR) is 50.6 cm³/mol. The zero-order valence-corrected chi connectivity index (χ0v) is 7.90. The summed E-state index contributed by atoms with van der Waals surface area (Å²) >= 11 is 0. The first kappa shape index (κ1) is 10.9. The van der Waals surface area contributed by atoms with Gasteiger partial charge in [-0.3, -0.25) is 0 Å². The maximum absolute atomic E-state index is 5.37. The van der Waals surface area contributed by atoms with Crippen LogP contribution >= 0.6 is 0 Å². The fourth-order valence-corrected chi connectivity index (χ4v) is 1.27. The van der Waals surface area contributed by atoms with E-state index < -0.39 is 0 Å². The van der Waals surface area contributed by atoms with Gasteiger partial charge in [-0.2, -0.15) is 0 Å². The molecular weight excluding hydrogens is 136 g/mol. The maximum atomic E-state index is 5.37. The van der Waals surface area contributed by atoms with Gasteiger partial charge in [0.1, 0.15) is 0 Å².